The first kappa shape index (κ1) is 23.0. The van der Waals surface area contributed by atoms with Crippen LogP contribution in [0.2, 0.25) is 0 Å². The standard InChI is InChI=1S/C26H18N4O5/c31-29(32)25-7-3-1-5-19(25)17-27-21-9-13-23(14-10-21)35-24-15-11-22(12-16-24)28-18-20-6-2-4-8-26(20)30(33)34/h1-18H. The Morgan fingerprint density at radius 2 is 0.943 bits per heavy atom. The second kappa shape index (κ2) is 10.6. The molecule has 0 aliphatic carbocycles. The number of nitro benzene ring substituents is 2. The molecule has 0 spiro atoms. The number of benzene rings is 4. The Bertz CT molecular complexity index is 1310. The highest BCUT2D eigenvalue weighted by Gasteiger charge is 2.11. The highest BCUT2D eigenvalue weighted by molar-refractivity contribution is 5.87. The fraction of sp³-hybridized carbons (Fsp3) is 0. The molecule has 0 aromatic heterocycles. The van der Waals surface area contributed by atoms with Gasteiger partial charge in [0, 0.05) is 24.6 Å². The largest absolute Gasteiger partial charge is 0.457 e. The molecule has 0 unspecified atom stereocenters. The highest BCUT2D eigenvalue weighted by atomic mass is 16.6. The molecule has 0 fully saturated rings. The van der Waals surface area contributed by atoms with Crippen molar-refractivity contribution in [3.05, 3.63) is 128 Å². The summed E-state index contributed by atoms with van der Waals surface area (Å²) >= 11 is 0. The van der Waals surface area contributed by atoms with E-state index in [1.807, 2.05) is 0 Å². The van der Waals surface area contributed by atoms with E-state index in [9.17, 15) is 20.2 Å². The molecule has 35 heavy (non-hydrogen) atoms. The molecule has 4 rings (SSSR count). The smallest absolute Gasteiger partial charge is 0.278 e. The van der Waals surface area contributed by atoms with Gasteiger partial charge in [-0.25, -0.2) is 0 Å². The second-order valence-corrected chi connectivity index (χ2v) is 7.24. The first-order chi connectivity index (χ1) is 17.0. The van der Waals surface area contributed by atoms with Crippen molar-refractivity contribution in [1.82, 2.24) is 0 Å². The lowest BCUT2D eigenvalue weighted by Gasteiger charge is -2.06. The molecule has 0 aliphatic heterocycles. The zero-order chi connectivity index (χ0) is 24.6. The van der Waals surface area contributed by atoms with Crippen molar-refractivity contribution in [2.24, 2.45) is 9.98 Å². The summed E-state index contributed by atoms with van der Waals surface area (Å²) in [6.45, 7) is 0. The Morgan fingerprint density at radius 3 is 1.31 bits per heavy atom. The Labute approximate surface area is 200 Å². The monoisotopic (exact) mass is 466 g/mol. The van der Waals surface area contributed by atoms with Gasteiger partial charge in [-0.1, -0.05) is 24.3 Å². The molecule has 0 aliphatic rings. The number of ether oxygens (including phenoxy) is 1. The SMILES string of the molecule is O=[N+]([O-])c1ccccc1C=Nc1ccc(Oc2ccc(N=Cc3ccccc3[N+](=O)[O-])cc2)cc1. The van der Waals surface area contributed by atoms with Crippen molar-refractivity contribution in [2.75, 3.05) is 0 Å². The number of para-hydroxylation sites is 2. The predicted molar refractivity (Wildman–Crippen MR) is 134 cm³/mol. The van der Waals surface area contributed by atoms with E-state index in [2.05, 4.69) is 9.98 Å². The summed E-state index contributed by atoms with van der Waals surface area (Å²) in [5, 5.41) is 22.2. The number of rotatable bonds is 8. The minimum absolute atomic E-state index is 0.00835. The van der Waals surface area contributed by atoms with Gasteiger partial charge in [0.2, 0.25) is 0 Å². The third-order valence-corrected chi connectivity index (χ3v) is 4.88. The molecule has 0 atom stereocenters. The summed E-state index contributed by atoms with van der Waals surface area (Å²) in [4.78, 5) is 29.9. The summed E-state index contributed by atoms with van der Waals surface area (Å²) in [5.41, 5.74) is 2.06. The van der Waals surface area contributed by atoms with Crippen LogP contribution < -0.4 is 4.74 Å². The van der Waals surface area contributed by atoms with Gasteiger partial charge < -0.3 is 4.74 Å². The van der Waals surface area contributed by atoms with Crippen molar-refractivity contribution in [3.8, 4) is 11.5 Å². The zero-order valence-corrected chi connectivity index (χ0v) is 18.2. The van der Waals surface area contributed by atoms with Crippen LogP contribution in [0.4, 0.5) is 22.7 Å². The van der Waals surface area contributed by atoms with Crippen LogP contribution in [0.1, 0.15) is 11.1 Å². The number of aliphatic imine (C=N–C) groups is 2. The molecule has 0 bridgehead atoms. The average molecular weight is 466 g/mol. The van der Waals surface area contributed by atoms with Gasteiger partial charge >= 0.3 is 0 Å². The molecule has 0 amide bonds. The van der Waals surface area contributed by atoms with E-state index in [-0.39, 0.29) is 11.4 Å². The quantitative estimate of drug-likeness (QED) is 0.161. The molecule has 172 valence electrons. The van der Waals surface area contributed by atoms with Crippen LogP contribution in [0.15, 0.2) is 107 Å². The average Bonchev–Trinajstić information content (AvgIpc) is 2.88. The van der Waals surface area contributed by atoms with E-state index < -0.39 is 9.85 Å². The maximum Gasteiger partial charge on any atom is 0.278 e. The Hall–Kier alpha value is -5.18. The van der Waals surface area contributed by atoms with E-state index in [0.717, 1.165) is 0 Å². The molecule has 4 aromatic rings. The van der Waals surface area contributed by atoms with Crippen LogP contribution in [0.5, 0.6) is 11.5 Å². The van der Waals surface area contributed by atoms with E-state index in [0.29, 0.717) is 34.0 Å². The van der Waals surface area contributed by atoms with Gasteiger partial charge in [0.05, 0.1) is 32.3 Å². The Kier molecular flexibility index (Phi) is 6.98. The summed E-state index contributed by atoms with van der Waals surface area (Å²) in [6.07, 6.45) is 2.91. The van der Waals surface area contributed by atoms with Gasteiger partial charge in [0.1, 0.15) is 11.5 Å². The second-order valence-electron chi connectivity index (χ2n) is 7.24. The van der Waals surface area contributed by atoms with Crippen LogP contribution in [-0.2, 0) is 0 Å². The lowest BCUT2D eigenvalue weighted by Crippen LogP contribution is -1.93. The zero-order valence-electron chi connectivity index (χ0n) is 18.2. The van der Waals surface area contributed by atoms with Gasteiger partial charge in [-0.05, 0) is 60.7 Å². The summed E-state index contributed by atoms with van der Waals surface area (Å²) < 4.78 is 5.83. The molecule has 9 heteroatoms. The van der Waals surface area contributed by atoms with Gasteiger partial charge in [-0.3, -0.25) is 30.2 Å². The van der Waals surface area contributed by atoms with Crippen LogP contribution in [0, 0.1) is 20.2 Å². The fourth-order valence-electron chi connectivity index (χ4n) is 3.15. The minimum Gasteiger partial charge on any atom is -0.457 e. The van der Waals surface area contributed by atoms with Crippen LogP contribution in [0.25, 0.3) is 0 Å². The third-order valence-electron chi connectivity index (χ3n) is 4.88. The molecular formula is C26H18N4O5. The fourth-order valence-corrected chi connectivity index (χ4v) is 3.15. The molecule has 4 aromatic carbocycles. The number of nitro groups is 2. The van der Waals surface area contributed by atoms with Crippen LogP contribution >= 0.6 is 0 Å². The molecule has 0 N–H and O–H groups in total. The van der Waals surface area contributed by atoms with Gasteiger partial charge in [0.25, 0.3) is 11.4 Å². The Morgan fingerprint density at radius 1 is 0.571 bits per heavy atom. The van der Waals surface area contributed by atoms with Crippen molar-refractivity contribution >= 4 is 35.2 Å². The maximum absolute atomic E-state index is 11.1. The molecular weight excluding hydrogens is 448 g/mol. The van der Waals surface area contributed by atoms with Crippen molar-refractivity contribution < 1.29 is 14.6 Å². The van der Waals surface area contributed by atoms with E-state index in [4.69, 9.17) is 4.74 Å². The minimum atomic E-state index is -0.444. The van der Waals surface area contributed by atoms with Crippen LogP contribution in [-0.4, -0.2) is 22.3 Å². The highest BCUT2D eigenvalue weighted by Crippen LogP contribution is 2.26. The van der Waals surface area contributed by atoms with Crippen molar-refractivity contribution in [2.45, 2.75) is 0 Å². The van der Waals surface area contributed by atoms with Gasteiger partial charge in [-0.2, -0.15) is 0 Å². The first-order valence-corrected chi connectivity index (χ1v) is 10.4. The summed E-state index contributed by atoms with van der Waals surface area (Å²) in [6, 6.07) is 26.7. The van der Waals surface area contributed by atoms with E-state index >= 15 is 0 Å². The molecule has 0 saturated carbocycles. The normalized spacial score (nSPS) is 11.1. The summed E-state index contributed by atoms with van der Waals surface area (Å²) in [5.74, 6) is 1.18. The first-order valence-electron chi connectivity index (χ1n) is 10.4. The number of nitrogens with zero attached hydrogens (tertiary/aromatic N) is 4. The van der Waals surface area contributed by atoms with E-state index in [1.54, 1.807) is 84.9 Å². The molecule has 0 radical (unpaired) electrons. The molecule has 0 heterocycles. The van der Waals surface area contributed by atoms with Crippen molar-refractivity contribution in [1.29, 1.82) is 0 Å². The maximum atomic E-state index is 11.1. The Balaban J connectivity index is 1.40. The van der Waals surface area contributed by atoms with Gasteiger partial charge in [-0.15, -0.1) is 0 Å². The van der Waals surface area contributed by atoms with Crippen molar-refractivity contribution in [3.63, 3.8) is 0 Å². The predicted octanol–water partition coefficient (Wildman–Crippen LogP) is 6.80. The van der Waals surface area contributed by atoms with Crippen LogP contribution in [0.3, 0.4) is 0 Å². The molecule has 0 saturated heterocycles. The lowest BCUT2D eigenvalue weighted by molar-refractivity contribution is -0.385. The molecule has 9 nitrogen and oxygen atoms in total. The van der Waals surface area contributed by atoms with E-state index in [1.165, 1.54) is 24.6 Å². The number of hydrogen-bond acceptors (Lipinski definition) is 7. The summed E-state index contributed by atoms with van der Waals surface area (Å²) in [7, 11) is 0. The van der Waals surface area contributed by atoms with Gasteiger partial charge in [0.15, 0.2) is 0 Å². The number of hydrogen-bond donors (Lipinski definition) is 0. The topological polar surface area (TPSA) is 120 Å². The third kappa shape index (κ3) is 5.99. The lowest BCUT2D eigenvalue weighted by atomic mass is 10.2.